The van der Waals surface area contributed by atoms with Crippen molar-refractivity contribution in [3.63, 3.8) is 0 Å². The largest absolute Gasteiger partial charge is 0.394 e. The van der Waals surface area contributed by atoms with Gasteiger partial charge in [-0.2, -0.15) is 0 Å². The lowest BCUT2D eigenvalue weighted by Crippen LogP contribution is -2.46. The lowest BCUT2D eigenvalue weighted by molar-refractivity contribution is 0.0869. The number of halogens is 1. The summed E-state index contributed by atoms with van der Waals surface area (Å²) in [7, 11) is 0. The average Bonchev–Trinajstić information content (AvgIpc) is 2.27. The Hall–Kier alpha value is -1.13. The highest BCUT2D eigenvalue weighted by atomic mass is 35.5. The number of carbonyl (C=O) groups is 1. The highest BCUT2D eigenvalue weighted by Crippen LogP contribution is 2.18. The standard InChI is InChI=1S/C13H19ClN2O2/c1-8(2)10-5-9(6-11(14)15-10)12(18)16-13(3,4)7-17/h5-6,8,17H,7H2,1-4H3,(H,16,18). The fourth-order valence-electron chi connectivity index (χ4n) is 1.36. The number of pyridine rings is 1. The van der Waals surface area contributed by atoms with Crippen LogP contribution in [0.4, 0.5) is 0 Å². The minimum absolute atomic E-state index is 0.130. The predicted octanol–water partition coefficient (Wildman–Crippen LogP) is 2.36. The number of hydrogen-bond acceptors (Lipinski definition) is 3. The van der Waals surface area contributed by atoms with Crippen molar-refractivity contribution in [1.29, 1.82) is 0 Å². The Kier molecular flexibility index (Phi) is 4.71. The molecule has 18 heavy (non-hydrogen) atoms. The Morgan fingerprint density at radius 3 is 2.61 bits per heavy atom. The van der Waals surface area contributed by atoms with Gasteiger partial charge < -0.3 is 10.4 Å². The molecule has 0 atom stereocenters. The first-order chi connectivity index (χ1) is 8.25. The monoisotopic (exact) mass is 270 g/mol. The molecule has 0 unspecified atom stereocenters. The van der Waals surface area contributed by atoms with E-state index in [1.54, 1.807) is 19.9 Å². The number of rotatable bonds is 4. The van der Waals surface area contributed by atoms with Crippen molar-refractivity contribution in [3.05, 3.63) is 28.5 Å². The molecule has 2 N–H and O–H groups in total. The molecule has 1 aromatic heterocycles. The SMILES string of the molecule is CC(C)c1cc(C(=O)NC(C)(C)CO)cc(Cl)n1. The average molecular weight is 271 g/mol. The molecule has 1 rings (SSSR count). The third-order valence-corrected chi connectivity index (χ3v) is 2.71. The van der Waals surface area contributed by atoms with Crippen molar-refractivity contribution in [3.8, 4) is 0 Å². The molecule has 100 valence electrons. The number of hydrogen-bond donors (Lipinski definition) is 2. The summed E-state index contributed by atoms with van der Waals surface area (Å²) >= 11 is 5.90. The second-order valence-corrected chi connectivity index (χ2v) is 5.64. The van der Waals surface area contributed by atoms with Gasteiger partial charge in [-0.3, -0.25) is 4.79 Å². The topological polar surface area (TPSA) is 62.2 Å². The summed E-state index contributed by atoms with van der Waals surface area (Å²) in [5, 5.41) is 12.2. The van der Waals surface area contributed by atoms with Crippen LogP contribution < -0.4 is 5.32 Å². The van der Waals surface area contributed by atoms with E-state index in [1.165, 1.54) is 6.07 Å². The zero-order chi connectivity index (χ0) is 13.9. The Labute approximate surface area is 112 Å². The summed E-state index contributed by atoms with van der Waals surface area (Å²) < 4.78 is 0. The van der Waals surface area contributed by atoms with Gasteiger partial charge in [-0.05, 0) is 31.9 Å². The summed E-state index contributed by atoms with van der Waals surface area (Å²) in [4.78, 5) is 16.2. The Balaban J connectivity index is 2.99. The second-order valence-electron chi connectivity index (χ2n) is 5.25. The first-order valence-electron chi connectivity index (χ1n) is 5.86. The molecule has 1 amide bonds. The number of nitrogens with one attached hydrogen (secondary N) is 1. The molecular weight excluding hydrogens is 252 g/mol. The van der Waals surface area contributed by atoms with Crippen LogP contribution in [0.5, 0.6) is 0 Å². The molecule has 4 nitrogen and oxygen atoms in total. The molecule has 0 bridgehead atoms. The van der Waals surface area contributed by atoms with Crippen molar-refractivity contribution in [2.24, 2.45) is 0 Å². The lowest BCUT2D eigenvalue weighted by Gasteiger charge is -2.23. The molecule has 0 aliphatic carbocycles. The summed E-state index contributed by atoms with van der Waals surface area (Å²) in [6.45, 7) is 7.33. The molecule has 1 aromatic rings. The number of aliphatic hydroxyl groups is 1. The maximum absolute atomic E-state index is 12.0. The molecule has 0 spiro atoms. The van der Waals surface area contributed by atoms with Gasteiger partial charge in [0.1, 0.15) is 5.15 Å². The first kappa shape index (κ1) is 14.9. The van der Waals surface area contributed by atoms with Crippen LogP contribution in [0.15, 0.2) is 12.1 Å². The zero-order valence-electron chi connectivity index (χ0n) is 11.1. The van der Waals surface area contributed by atoms with Crippen LogP contribution in [0.2, 0.25) is 5.15 Å². The molecule has 0 aliphatic heterocycles. The molecule has 0 fully saturated rings. The first-order valence-corrected chi connectivity index (χ1v) is 6.24. The van der Waals surface area contributed by atoms with Crippen LogP contribution in [0.1, 0.15) is 49.7 Å². The van der Waals surface area contributed by atoms with Gasteiger partial charge in [0.15, 0.2) is 0 Å². The summed E-state index contributed by atoms with van der Waals surface area (Å²) in [6, 6.07) is 3.25. The summed E-state index contributed by atoms with van der Waals surface area (Å²) in [5.74, 6) is -0.0682. The number of aromatic nitrogens is 1. The van der Waals surface area contributed by atoms with E-state index >= 15 is 0 Å². The van der Waals surface area contributed by atoms with Crippen molar-refractivity contribution in [1.82, 2.24) is 10.3 Å². The van der Waals surface area contributed by atoms with Gasteiger partial charge >= 0.3 is 0 Å². The van der Waals surface area contributed by atoms with Crippen molar-refractivity contribution < 1.29 is 9.90 Å². The van der Waals surface area contributed by atoms with Gasteiger partial charge in [-0.15, -0.1) is 0 Å². The molecular formula is C13H19ClN2O2. The number of carbonyl (C=O) groups excluding carboxylic acids is 1. The Morgan fingerprint density at radius 1 is 1.50 bits per heavy atom. The van der Waals surface area contributed by atoms with E-state index in [1.807, 2.05) is 13.8 Å². The molecule has 1 heterocycles. The second kappa shape index (κ2) is 5.67. The van der Waals surface area contributed by atoms with E-state index in [9.17, 15) is 4.79 Å². The summed E-state index contributed by atoms with van der Waals surface area (Å²) in [6.07, 6.45) is 0. The highest BCUT2D eigenvalue weighted by molar-refractivity contribution is 6.29. The maximum atomic E-state index is 12.0. The van der Waals surface area contributed by atoms with E-state index in [-0.39, 0.29) is 18.4 Å². The highest BCUT2D eigenvalue weighted by Gasteiger charge is 2.21. The molecule has 0 aromatic carbocycles. The molecule has 5 heteroatoms. The number of nitrogens with zero attached hydrogens (tertiary/aromatic N) is 1. The molecule has 0 radical (unpaired) electrons. The normalized spacial score (nSPS) is 11.7. The van der Waals surface area contributed by atoms with Crippen LogP contribution in [-0.4, -0.2) is 28.1 Å². The van der Waals surface area contributed by atoms with Crippen molar-refractivity contribution in [2.45, 2.75) is 39.2 Å². The number of aliphatic hydroxyl groups excluding tert-OH is 1. The number of amides is 1. The van der Waals surface area contributed by atoms with E-state index in [2.05, 4.69) is 10.3 Å². The predicted molar refractivity (Wildman–Crippen MR) is 72.0 cm³/mol. The van der Waals surface area contributed by atoms with Crippen LogP contribution >= 0.6 is 11.6 Å². The fraction of sp³-hybridized carbons (Fsp3) is 0.538. The van der Waals surface area contributed by atoms with Gasteiger partial charge in [-0.25, -0.2) is 4.98 Å². The van der Waals surface area contributed by atoms with Gasteiger partial charge in [0.05, 0.1) is 12.1 Å². The smallest absolute Gasteiger partial charge is 0.251 e. The van der Waals surface area contributed by atoms with Gasteiger partial charge in [0.2, 0.25) is 0 Å². The van der Waals surface area contributed by atoms with Crippen molar-refractivity contribution >= 4 is 17.5 Å². The Morgan fingerprint density at radius 2 is 2.11 bits per heavy atom. The Bertz CT molecular complexity index is 445. The van der Waals surface area contributed by atoms with E-state index in [4.69, 9.17) is 16.7 Å². The molecule has 0 saturated carbocycles. The lowest BCUT2D eigenvalue weighted by atomic mass is 10.0. The van der Waals surface area contributed by atoms with Crippen molar-refractivity contribution in [2.75, 3.05) is 6.61 Å². The third kappa shape index (κ3) is 3.96. The molecule has 0 aliphatic rings. The van der Waals surface area contributed by atoms with Crippen LogP contribution in [0.3, 0.4) is 0 Å². The van der Waals surface area contributed by atoms with Crippen LogP contribution in [0, 0.1) is 0 Å². The van der Waals surface area contributed by atoms with E-state index in [0.717, 1.165) is 5.69 Å². The van der Waals surface area contributed by atoms with Crippen LogP contribution in [-0.2, 0) is 0 Å². The third-order valence-electron chi connectivity index (χ3n) is 2.51. The van der Waals surface area contributed by atoms with E-state index < -0.39 is 5.54 Å². The quantitative estimate of drug-likeness (QED) is 0.826. The van der Waals surface area contributed by atoms with Gasteiger partial charge in [0, 0.05) is 11.3 Å². The van der Waals surface area contributed by atoms with E-state index in [0.29, 0.717) is 10.7 Å². The van der Waals surface area contributed by atoms with Gasteiger partial charge in [0.25, 0.3) is 5.91 Å². The summed E-state index contributed by atoms with van der Waals surface area (Å²) in [5.41, 5.74) is 0.569. The van der Waals surface area contributed by atoms with Gasteiger partial charge in [-0.1, -0.05) is 25.4 Å². The van der Waals surface area contributed by atoms with Crippen LogP contribution in [0.25, 0.3) is 0 Å². The minimum Gasteiger partial charge on any atom is -0.394 e. The minimum atomic E-state index is -0.662. The maximum Gasteiger partial charge on any atom is 0.251 e. The zero-order valence-corrected chi connectivity index (χ0v) is 11.9. The fourth-order valence-corrected chi connectivity index (χ4v) is 1.58. The molecule has 0 saturated heterocycles.